The zero-order valence-electron chi connectivity index (χ0n) is 18.0. The van der Waals surface area contributed by atoms with E-state index in [4.69, 9.17) is 4.42 Å². The third kappa shape index (κ3) is 7.16. The van der Waals surface area contributed by atoms with E-state index in [2.05, 4.69) is 33.1 Å². The molecular formula is C23H31N5O3. The summed E-state index contributed by atoms with van der Waals surface area (Å²) < 4.78 is 5.07. The molecule has 31 heavy (non-hydrogen) atoms. The average Bonchev–Trinajstić information content (AvgIpc) is 3.44. The summed E-state index contributed by atoms with van der Waals surface area (Å²) in [6.45, 7) is 5.79. The molecule has 1 saturated heterocycles. The van der Waals surface area contributed by atoms with E-state index in [1.54, 1.807) is 12.1 Å². The molecule has 1 aromatic heterocycles. The molecule has 0 saturated carbocycles. The normalized spacial score (nSPS) is 16.4. The zero-order valence-corrected chi connectivity index (χ0v) is 18.0. The van der Waals surface area contributed by atoms with Crippen molar-refractivity contribution in [2.75, 3.05) is 39.3 Å². The van der Waals surface area contributed by atoms with Crippen molar-refractivity contribution in [1.29, 1.82) is 0 Å². The Morgan fingerprint density at radius 3 is 2.68 bits per heavy atom. The minimum Gasteiger partial charge on any atom is -0.459 e. The standard InChI is InChI=1S/C23H31N5O3/c1-2-24-23(26-12-11-25-22(30)20-9-6-14-31-20)27-16-19-15-21(29)28(17-19)13-10-18-7-4-3-5-8-18/h3-9,14,19H,2,10-13,15-17H2,1H3,(H,25,30)(H2,24,26,27). The van der Waals surface area contributed by atoms with Gasteiger partial charge < -0.3 is 25.3 Å². The number of amides is 2. The van der Waals surface area contributed by atoms with Gasteiger partial charge in [0.15, 0.2) is 11.7 Å². The molecule has 1 aliphatic heterocycles. The van der Waals surface area contributed by atoms with Crippen LogP contribution in [0.25, 0.3) is 0 Å². The van der Waals surface area contributed by atoms with Crippen LogP contribution in [0.2, 0.25) is 0 Å². The average molecular weight is 426 g/mol. The van der Waals surface area contributed by atoms with Crippen LogP contribution in [0.1, 0.15) is 29.5 Å². The molecule has 3 N–H and O–H groups in total. The Kier molecular flexibility index (Phi) is 8.51. The van der Waals surface area contributed by atoms with E-state index in [1.165, 1.54) is 11.8 Å². The maximum atomic E-state index is 12.3. The number of aliphatic imine (C=N–C) groups is 1. The molecule has 1 atom stereocenters. The first-order chi connectivity index (χ1) is 15.2. The first kappa shape index (κ1) is 22.4. The predicted octanol–water partition coefficient (Wildman–Crippen LogP) is 1.66. The molecule has 1 aromatic carbocycles. The van der Waals surface area contributed by atoms with Crippen molar-refractivity contribution in [1.82, 2.24) is 20.9 Å². The summed E-state index contributed by atoms with van der Waals surface area (Å²) in [5.41, 5.74) is 1.24. The number of carbonyl (C=O) groups excluding carboxylic acids is 2. The van der Waals surface area contributed by atoms with Gasteiger partial charge in [0.2, 0.25) is 5.91 Å². The number of furan rings is 1. The highest BCUT2D eigenvalue weighted by atomic mass is 16.3. The molecule has 1 fully saturated rings. The number of likely N-dealkylation sites (tertiary alicyclic amines) is 1. The molecule has 3 rings (SSSR count). The lowest BCUT2D eigenvalue weighted by atomic mass is 10.1. The Morgan fingerprint density at radius 2 is 1.94 bits per heavy atom. The fourth-order valence-electron chi connectivity index (χ4n) is 3.52. The van der Waals surface area contributed by atoms with E-state index in [1.807, 2.05) is 30.0 Å². The van der Waals surface area contributed by atoms with Gasteiger partial charge in [-0.1, -0.05) is 30.3 Å². The molecule has 1 aliphatic rings. The molecule has 0 aliphatic carbocycles. The van der Waals surface area contributed by atoms with Crippen LogP contribution >= 0.6 is 0 Å². The molecule has 8 nitrogen and oxygen atoms in total. The topological polar surface area (TPSA) is 99.0 Å². The minimum atomic E-state index is -0.242. The van der Waals surface area contributed by atoms with Crippen molar-refractivity contribution in [2.24, 2.45) is 10.9 Å². The summed E-state index contributed by atoms with van der Waals surface area (Å²) in [6, 6.07) is 13.5. The highest BCUT2D eigenvalue weighted by Gasteiger charge is 2.29. The molecule has 8 heteroatoms. The van der Waals surface area contributed by atoms with Gasteiger partial charge in [0.1, 0.15) is 0 Å². The van der Waals surface area contributed by atoms with E-state index in [0.29, 0.717) is 37.8 Å². The second kappa shape index (κ2) is 11.8. The van der Waals surface area contributed by atoms with Crippen LogP contribution in [-0.4, -0.2) is 61.9 Å². The van der Waals surface area contributed by atoms with E-state index in [9.17, 15) is 9.59 Å². The number of hydrogen-bond donors (Lipinski definition) is 3. The summed E-state index contributed by atoms with van der Waals surface area (Å²) in [7, 11) is 0. The fourth-order valence-corrected chi connectivity index (χ4v) is 3.52. The Morgan fingerprint density at radius 1 is 1.13 bits per heavy atom. The number of nitrogens with zero attached hydrogens (tertiary/aromatic N) is 2. The third-order valence-electron chi connectivity index (χ3n) is 5.11. The summed E-state index contributed by atoms with van der Waals surface area (Å²) in [4.78, 5) is 30.8. The van der Waals surface area contributed by atoms with Crippen molar-refractivity contribution in [2.45, 2.75) is 19.8 Å². The summed E-state index contributed by atoms with van der Waals surface area (Å²) in [5, 5.41) is 9.20. The van der Waals surface area contributed by atoms with Crippen LogP contribution in [0.5, 0.6) is 0 Å². The molecule has 2 heterocycles. The quantitative estimate of drug-likeness (QED) is 0.305. The van der Waals surface area contributed by atoms with Gasteiger partial charge >= 0.3 is 0 Å². The van der Waals surface area contributed by atoms with E-state index < -0.39 is 0 Å². The molecule has 166 valence electrons. The van der Waals surface area contributed by atoms with Crippen LogP contribution < -0.4 is 16.0 Å². The number of hydrogen-bond acceptors (Lipinski definition) is 4. The van der Waals surface area contributed by atoms with E-state index >= 15 is 0 Å². The van der Waals surface area contributed by atoms with Gasteiger partial charge in [-0.25, -0.2) is 0 Å². The fraction of sp³-hybridized carbons (Fsp3) is 0.435. The Hall–Kier alpha value is -3.29. The lowest BCUT2D eigenvalue weighted by Crippen LogP contribution is -2.41. The monoisotopic (exact) mass is 425 g/mol. The van der Waals surface area contributed by atoms with Crippen LogP contribution in [0, 0.1) is 5.92 Å². The van der Waals surface area contributed by atoms with Gasteiger partial charge in [-0.2, -0.15) is 0 Å². The van der Waals surface area contributed by atoms with Crippen molar-refractivity contribution >= 4 is 17.8 Å². The Labute approximate surface area is 183 Å². The SMILES string of the molecule is CCNC(=NCC1CC(=O)N(CCc2ccccc2)C1)NCCNC(=O)c1ccco1. The van der Waals surface area contributed by atoms with E-state index in [-0.39, 0.29) is 17.7 Å². The minimum absolute atomic E-state index is 0.203. The molecular weight excluding hydrogens is 394 g/mol. The van der Waals surface area contributed by atoms with Gasteiger partial charge in [0.25, 0.3) is 5.91 Å². The number of rotatable bonds is 10. The van der Waals surface area contributed by atoms with Crippen molar-refractivity contribution in [3.8, 4) is 0 Å². The highest BCUT2D eigenvalue weighted by molar-refractivity contribution is 5.91. The predicted molar refractivity (Wildman–Crippen MR) is 120 cm³/mol. The summed E-state index contributed by atoms with van der Waals surface area (Å²) in [6.07, 6.45) is 2.88. The first-order valence-corrected chi connectivity index (χ1v) is 10.8. The van der Waals surface area contributed by atoms with Crippen LogP contribution in [-0.2, 0) is 11.2 Å². The van der Waals surface area contributed by atoms with Crippen molar-refractivity contribution in [3.05, 3.63) is 60.1 Å². The Balaban J connectivity index is 1.40. The van der Waals surface area contributed by atoms with Gasteiger partial charge in [0, 0.05) is 51.6 Å². The Bertz CT molecular complexity index is 851. The molecule has 2 aromatic rings. The van der Waals surface area contributed by atoms with Gasteiger partial charge in [-0.15, -0.1) is 0 Å². The largest absolute Gasteiger partial charge is 0.459 e. The van der Waals surface area contributed by atoms with Gasteiger partial charge in [-0.05, 0) is 31.0 Å². The molecule has 2 amide bonds. The molecule has 0 spiro atoms. The van der Waals surface area contributed by atoms with Crippen molar-refractivity contribution in [3.63, 3.8) is 0 Å². The molecule has 0 bridgehead atoms. The molecule has 0 radical (unpaired) electrons. The van der Waals surface area contributed by atoms with Crippen LogP contribution in [0.4, 0.5) is 0 Å². The highest BCUT2D eigenvalue weighted by Crippen LogP contribution is 2.18. The van der Waals surface area contributed by atoms with E-state index in [0.717, 1.165) is 26.1 Å². The lowest BCUT2D eigenvalue weighted by Gasteiger charge is -2.16. The number of guanidine groups is 1. The maximum Gasteiger partial charge on any atom is 0.287 e. The number of benzene rings is 1. The maximum absolute atomic E-state index is 12.3. The smallest absolute Gasteiger partial charge is 0.287 e. The van der Waals surface area contributed by atoms with Crippen LogP contribution in [0.15, 0.2) is 58.1 Å². The second-order valence-electron chi connectivity index (χ2n) is 7.53. The van der Waals surface area contributed by atoms with Crippen molar-refractivity contribution < 1.29 is 14.0 Å². The zero-order chi connectivity index (χ0) is 21.9. The lowest BCUT2D eigenvalue weighted by molar-refractivity contribution is -0.127. The summed E-state index contributed by atoms with van der Waals surface area (Å²) in [5.74, 6) is 1.16. The summed E-state index contributed by atoms with van der Waals surface area (Å²) >= 11 is 0. The molecule has 1 unspecified atom stereocenters. The third-order valence-corrected chi connectivity index (χ3v) is 5.11. The first-order valence-electron chi connectivity index (χ1n) is 10.8. The van der Waals surface area contributed by atoms with Crippen LogP contribution in [0.3, 0.4) is 0 Å². The second-order valence-corrected chi connectivity index (χ2v) is 7.53. The van der Waals surface area contributed by atoms with Gasteiger partial charge in [-0.3, -0.25) is 14.6 Å². The number of nitrogens with one attached hydrogen (secondary N) is 3. The number of carbonyl (C=O) groups is 2. The van der Waals surface area contributed by atoms with Gasteiger partial charge in [0.05, 0.1) is 6.26 Å².